The van der Waals surface area contributed by atoms with E-state index >= 15 is 0 Å². The minimum atomic E-state index is -0.637. The fourth-order valence-electron chi connectivity index (χ4n) is 5.18. The van der Waals surface area contributed by atoms with Crippen LogP contribution in [0.1, 0.15) is 34.3 Å². The van der Waals surface area contributed by atoms with E-state index in [1.807, 2.05) is 43.4 Å². The zero-order valence-electron chi connectivity index (χ0n) is 19.9. The van der Waals surface area contributed by atoms with E-state index in [4.69, 9.17) is 9.47 Å². The van der Waals surface area contributed by atoms with Crippen molar-refractivity contribution < 1.29 is 19.1 Å². The number of likely N-dealkylation sites (tertiary alicyclic amines) is 1. The van der Waals surface area contributed by atoms with Crippen LogP contribution >= 0.6 is 0 Å². The van der Waals surface area contributed by atoms with E-state index < -0.39 is 17.7 Å². The first-order chi connectivity index (χ1) is 17.0. The Morgan fingerprint density at radius 1 is 1.29 bits per heavy atom. The summed E-state index contributed by atoms with van der Waals surface area (Å²) in [5.41, 5.74) is 4.07. The summed E-state index contributed by atoms with van der Waals surface area (Å²) < 4.78 is 11.4. The number of nitriles is 1. The zero-order valence-corrected chi connectivity index (χ0v) is 19.9. The molecule has 2 fully saturated rings. The van der Waals surface area contributed by atoms with Crippen LogP contribution in [0.25, 0.3) is 11.1 Å². The van der Waals surface area contributed by atoms with Crippen molar-refractivity contribution in [3.05, 3.63) is 59.2 Å². The maximum absolute atomic E-state index is 12.5. The minimum Gasteiger partial charge on any atom is -0.449 e. The number of hydrogen-bond donors (Lipinski definition) is 2. The van der Waals surface area contributed by atoms with Crippen molar-refractivity contribution in [2.45, 2.75) is 37.0 Å². The van der Waals surface area contributed by atoms with Crippen molar-refractivity contribution in [2.24, 2.45) is 0 Å². The molecule has 5 rings (SSSR count). The molecule has 0 aliphatic carbocycles. The molecule has 2 N–H and O–H groups in total. The van der Waals surface area contributed by atoms with Crippen molar-refractivity contribution >= 4 is 11.9 Å². The normalized spacial score (nSPS) is 24.9. The van der Waals surface area contributed by atoms with Crippen LogP contribution in [0.15, 0.2) is 42.5 Å². The van der Waals surface area contributed by atoms with Crippen molar-refractivity contribution in [3.8, 4) is 17.2 Å². The first-order valence-corrected chi connectivity index (χ1v) is 12.2. The Morgan fingerprint density at radius 3 is 2.83 bits per heavy atom. The van der Waals surface area contributed by atoms with Crippen LogP contribution in [0.4, 0.5) is 0 Å². The second-order valence-electron chi connectivity index (χ2n) is 9.64. The molecule has 1 unspecified atom stereocenters. The first kappa shape index (κ1) is 23.5. The number of benzene rings is 2. The second-order valence-corrected chi connectivity index (χ2v) is 9.64. The third-order valence-electron chi connectivity index (χ3n) is 7.08. The smallest absolute Gasteiger partial charge is 0.339 e. The molecule has 0 aromatic heterocycles. The predicted octanol–water partition coefficient (Wildman–Crippen LogP) is 1.98. The molecule has 3 atom stereocenters. The average molecular weight is 475 g/mol. The number of rotatable bonds is 5. The van der Waals surface area contributed by atoms with Crippen LogP contribution in [0, 0.1) is 11.3 Å². The largest absolute Gasteiger partial charge is 0.449 e. The van der Waals surface area contributed by atoms with Crippen LogP contribution in [0.5, 0.6) is 0 Å². The van der Waals surface area contributed by atoms with E-state index in [0.29, 0.717) is 31.7 Å². The maximum atomic E-state index is 12.5. The Balaban J connectivity index is 1.28. The van der Waals surface area contributed by atoms with Crippen molar-refractivity contribution in [2.75, 3.05) is 39.8 Å². The third kappa shape index (κ3) is 4.80. The van der Waals surface area contributed by atoms with E-state index in [0.717, 1.165) is 48.2 Å². The van der Waals surface area contributed by atoms with Crippen molar-refractivity contribution in [1.29, 1.82) is 5.26 Å². The minimum absolute atomic E-state index is 0.244. The van der Waals surface area contributed by atoms with Gasteiger partial charge in [-0.3, -0.25) is 4.79 Å². The summed E-state index contributed by atoms with van der Waals surface area (Å²) >= 11 is 0. The van der Waals surface area contributed by atoms with Crippen LogP contribution < -0.4 is 10.6 Å². The topological polar surface area (TPSA) is 104 Å². The number of carbonyl (C=O) groups excluding carboxylic acids is 2. The average Bonchev–Trinajstić information content (AvgIpc) is 3.21. The molecule has 2 saturated heterocycles. The molecule has 3 heterocycles. The number of ether oxygens (including phenoxy) is 2. The number of nitrogens with one attached hydrogen (secondary N) is 2. The molecule has 8 nitrogen and oxygen atoms in total. The van der Waals surface area contributed by atoms with E-state index in [2.05, 4.69) is 27.7 Å². The van der Waals surface area contributed by atoms with Gasteiger partial charge in [0, 0.05) is 44.6 Å². The Morgan fingerprint density at radius 2 is 2.09 bits per heavy atom. The van der Waals surface area contributed by atoms with Gasteiger partial charge in [-0.25, -0.2) is 4.79 Å². The molecule has 8 heteroatoms. The number of amides is 1. The van der Waals surface area contributed by atoms with Crippen LogP contribution in [0.3, 0.4) is 0 Å². The zero-order chi connectivity index (χ0) is 24.4. The van der Waals surface area contributed by atoms with Gasteiger partial charge in [-0.05, 0) is 48.8 Å². The van der Waals surface area contributed by atoms with E-state index in [1.54, 1.807) is 0 Å². The van der Waals surface area contributed by atoms with Gasteiger partial charge in [0.25, 0.3) is 5.91 Å². The summed E-state index contributed by atoms with van der Waals surface area (Å²) in [5, 5.41) is 15.6. The molecular formula is C27H30N4O4. The Kier molecular flexibility index (Phi) is 6.56. The summed E-state index contributed by atoms with van der Waals surface area (Å²) in [4.78, 5) is 27.2. The fourth-order valence-corrected chi connectivity index (χ4v) is 5.18. The third-order valence-corrected chi connectivity index (χ3v) is 7.08. The molecule has 0 saturated carbocycles. The molecule has 35 heavy (non-hydrogen) atoms. The Bertz CT molecular complexity index is 1150. The van der Waals surface area contributed by atoms with Crippen molar-refractivity contribution in [3.63, 3.8) is 0 Å². The van der Waals surface area contributed by atoms with Gasteiger partial charge in [-0.2, -0.15) is 5.26 Å². The maximum Gasteiger partial charge on any atom is 0.339 e. The lowest BCUT2D eigenvalue weighted by atomic mass is 9.88. The number of nitrogens with zero attached hydrogens (tertiary/aromatic N) is 2. The lowest BCUT2D eigenvalue weighted by molar-refractivity contribution is -0.132. The Labute approximate surface area is 205 Å². The van der Waals surface area contributed by atoms with Gasteiger partial charge in [0.1, 0.15) is 12.1 Å². The quantitative estimate of drug-likeness (QED) is 0.639. The number of esters is 1. The molecule has 3 aliphatic rings. The standard InChI is InChI=1S/C27H30N4O4/c1-31-11-9-27(17-31)23-14-20(7-8-22(23)26(33)35-27)19-5-3-18(4-6-19)13-21(15-28)30-25(32)24-16-29-10-2-12-34-24/h3-8,14,21,24,29H,2,9-13,16-17H2,1H3,(H,30,32)/t21-,24-,27?/m0/s1. The SMILES string of the molecule is CN1CCC2(C1)OC(=O)c1ccc(-c3ccc(C[C@@H](C#N)NC(=O)[C@@H]4CNCCCO4)cc3)cc12. The van der Waals surface area contributed by atoms with Crippen molar-refractivity contribution in [1.82, 2.24) is 15.5 Å². The fraction of sp³-hybridized carbons (Fsp3) is 0.444. The first-order valence-electron chi connectivity index (χ1n) is 12.2. The van der Waals surface area contributed by atoms with Gasteiger partial charge < -0.3 is 25.0 Å². The van der Waals surface area contributed by atoms with Gasteiger partial charge in [-0.15, -0.1) is 0 Å². The van der Waals surface area contributed by atoms with E-state index in [-0.39, 0.29) is 11.9 Å². The molecule has 3 aliphatic heterocycles. The highest BCUT2D eigenvalue weighted by molar-refractivity contribution is 5.95. The predicted molar refractivity (Wildman–Crippen MR) is 130 cm³/mol. The number of likely N-dealkylation sites (N-methyl/N-ethyl adjacent to an activating group) is 1. The second kappa shape index (κ2) is 9.78. The highest BCUT2D eigenvalue weighted by Crippen LogP contribution is 2.44. The van der Waals surface area contributed by atoms with Crippen LogP contribution in [0.2, 0.25) is 0 Å². The van der Waals surface area contributed by atoms with Gasteiger partial charge in [0.05, 0.1) is 11.6 Å². The van der Waals surface area contributed by atoms with Gasteiger partial charge in [0.2, 0.25) is 0 Å². The van der Waals surface area contributed by atoms with E-state index in [1.165, 1.54) is 0 Å². The van der Waals surface area contributed by atoms with Gasteiger partial charge >= 0.3 is 5.97 Å². The number of hydrogen-bond acceptors (Lipinski definition) is 7. The Hall–Kier alpha value is -3.25. The highest BCUT2D eigenvalue weighted by atomic mass is 16.6. The summed E-state index contributed by atoms with van der Waals surface area (Å²) in [6.45, 7) is 3.41. The number of fused-ring (bicyclic) bond motifs is 2. The molecule has 0 radical (unpaired) electrons. The molecule has 1 spiro atoms. The van der Waals surface area contributed by atoms with E-state index in [9.17, 15) is 14.9 Å². The molecule has 182 valence electrons. The number of carbonyl (C=O) groups is 2. The molecule has 1 amide bonds. The summed E-state index contributed by atoms with van der Waals surface area (Å²) in [6, 6.07) is 15.4. The molecular weight excluding hydrogens is 444 g/mol. The monoisotopic (exact) mass is 474 g/mol. The molecule has 2 aromatic carbocycles. The summed E-state index contributed by atoms with van der Waals surface area (Å²) in [5.74, 6) is -0.504. The summed E-state index contributed by atoms with van der Waals surface area (Å²) in [6.07, 6.45) is 1.50. The lowest BCUT2D eigenvalue weighted by Gasteiger charge is -2.23. The van der Waals surface area contributed by atoms with Gasteiger partial charge in [-0.1, -0.05) is 30.3 Å². The molecule has 0 bridgehead atoms. The highest BCUT2D eigenvalue weighted by Gasteiger charge is 2.49. The lowest BCUT2D eigenvalue weighted by Crippen LogP contribution is -2.46. The van der Waals surface area contributed by atoms with Crippen LogP contribution in [-0.4, -0.2) is 68.8 Å². The van der Waals surface area contributed by atoms with Crippen LogP contribution in [-0.2, 0) is 26.3 Å². The molecule has 2 aromatic rings. The van der Waals surface area contributed by atoms with Gasteiger partial charge in [0.15, 0.2) is 5.60 Å². The summed E-state index contributed by atoms with van der Waals surface area (Å²) in [7, 11) is 2.04.